The number of anilines is 1. The summed E-state index contributed by atoms with van der Waals surface area (Å²) in [6, 6.07) is 5.18. The first-order valence-electron chi connectivity index (χ1n) is 7.30. The van der Waals surface area contributed by atoms with Crippen molar-refractivity contribution in [2.24, 2.45) is 5.92 Å². The highest BCUT2D eigenvalue weighted by Crippen LogP contribution is 2.31. The van der Waals surface area contributed by atoms with Crippen molar-refractivity contribution in [1.82, 2.24) is 0 Å². The predicted octanol–water partition coefficient (Wildman–Crippen LogP) is 3.40. The van der Waals surface area contributed by atoms with Gasteiger partial charge in [0.2, 0.25) is 0 Å². The number of hydrogen-bond donors (Lipinski definition) is 1. The van der Waals surface area contributed by atoms with Crippen LogP contribution >= 0.6 is 0 Å². The second kappa shape index (κ2) is 6.64. The minimum absolute atomic E-state index is 0.0202. The van der Waals surface area contributed by atoms with Crippen molar-refractivity contribution in [2.45, 2.75) is 45.1 Å². The van der Waals surface area contributed by atoms with Crippen molar-refractivity contribution in [2.75, 3.05) is 12.8 Å². The number of carbonyl (C=O) groups excluding carboxylic acids is 1. The van der Waals surface area contributed by atoms with Gasteiger partial charge >= 0.3 is 5.97 Å². The summed E-state index contributed by atoms with van der Waals surface area (Å²) in [5.41, 5.74) is 6.69. The molecule has 2 atom stereocenters. The number of benzene rings is 1. The van der Waals surface area contributed by atoms with Crippen LogP contribution in [0.1, 0.15) is 49.4 Å². The van der Waals surface area contributed by atoms with Crippen molar-refractivity contribution >= 4 is 11.7 Å². The standard InChI is InChI=1S/C16H23NO3/c1-3-11-7-4-5-9-13(11)20-16(18)12-8-6-10-14(19-2)15(12)17/h6,8,10-11,13H,3-5,7,9,17H2,1-2H3. The first-order chi connectivity index (χ1) is 9.67. The van der Waals surface area contributed by atoms with Gasteiger partial charge in [-0.3, -0.25) is 0 Å². The summed E-state index contributed by atoms with van der Waals surface area (Å²) >= 11 is 0. The van der Waals surface area contributed by atoms with Crippen molar-refractivity contribution in [3.63, 3.8) is 0 Å². The van der Waals surface area contributed by atoms with Gasteiger partial charge in [-0.15, -0.1) is 0 Å². The smallest absolute Gasteiger partial charge is 0.340 e. The molecule has 0 heterocycles. The highest BCUT2D eigenvalue weighted by atomic mass is 16.5. The highest BCUT2D eigenvalue weighted by Gasteiger charge is 2.28. The third-order valence-corrected chi connectivity index (χ3v) is 4.13. The Morgan fingerprint density at radius 3 is 2.80 bits per heavy atom. The summed E-state index contributed by atoms with van der Waals surface area (Å²) in [6.07, 6.45) is 5.52. The van der Waals surface area contributed by atoms with Crippen LogP contribution < -0.4 is 10.5 Å². The predicted molar refractivity (Wildman–Crippen MR) is 78.9 cm³/mol. The van der Waals surface area contributed by atoms with Crippen LogP contribution in [0.25, 0.3) is 0 Å². The Morgan fingerprint density at radius 1 is 1.35 bits per heavy atom. The third-order valence-electron chi connectivity index (χ3n) is 4.13. The van der Waals surface area contributed by atoms with Crippen LogP contribution in [0, 0.1) is 5.92 Å². The molecule has 0 aromatic heterocycles. The Morgan fingerprint density at radius 2 is 2.10 bits per heavy atom. The molecule has 2 unspecified atom stereocenters. The molecule has 20 heavy (non-hydrogen) atoms. The van der Waals surface area contributed by atoms with Crippen LogP contribution in [0.3, 0.4) is 0 Å². The van der Waals surface area contributed by atoms with Crippen LogP contribution in [0.15, 0.2) is 18.2 Å². The molecule has 110 valence electrons. The second-order valence-corrected chi connectivity index (χ2v) is 5.32. The van der Waals surface area contributed by atoms with Gasteiger partial charge in [0, 0.05) is 0 Å². The van der Waals surface area contributed by atoms with Crippen LogP contribution in [0.2, 0.25) is 0 Å². The molecule has 2 N–H and O–H groups in total. The van der Waals surface area contributed by atoms with Crippen LogP contribution in [-0.2, 0) is 4.74 Å². The van der Waals surface area contributed by atoms with Gasteiger partial charge in [-0.2, -0.15) is 0 Å². The first-order valence-corrected chi connectivity index (χ1v) is 7.30. The molecular weight excluding hydrogens is 254 g/mol. The van der Waals surface area contributed by atoms with E-state index >= 15 is 0 Å². The van der Waals surface area contributed by atoms with Gasteiger partial charge < -0.3 is 15.2 Å². The van der Waals surface area contributed by atoms with Crippen LogP contribution in [0.4, 0.5) is 5.69 Å². The average molecular weight is 277 g/mol. The molecule has 1 aromatic carbocycles. The van der Waals surface area contributed by atoms with E-state index in [2.05, 4.69) is 6.92 Å². The second-order valence-electron chi connectivity index (χ2n) is 5.32. The number of rotatable bonds is 4. The zero-order valence-corrected chi connectivity index (χ0v) is 12.2. The SMILES string of the molecule is CCC1CCCCC1OC(=O)c1cccc(OC)c1N. The highest BCUT2D eigenvalue weighted by molar-refractivity contribution is 5.96. The maximum atomic E-state index is 12.3. The Bertz CT molecular complexity index is 473. The van der Waals surface area contributed by atoms with Crippen LogP contribution in [-0.4, -0.2) is 19.2 Å². The fraction of sp³-hybridized carbons (Fsp3) is 0.562. The van der Waals surface area contributed by atoms with Gasteiger partial charge in [-0.1, -0.05) is 19.4 Å². The molecule has 1 aliphatic rings. The number of methoxy groups -OCH3 is 1. The molecule has 1 aliphatic carbocycles. The molecule has 0 amide bonds. The molecule has 1 fully saturated rings. The summed E-state index contributed by atoms with van der Waals surface area (Å²) in [7, 11) is 1.54. The van der Waals surface area contributed by atoms with Gasteiger partial charge in [0.15, 0.2) is 0 Å². The molecule has 0 bridgehead atoms. The Balaban J connectivity index is 2.11. The fourth-order valence-electron chi connectivity index (χ4n) is 2.90. The van der Waals surface area contributed by atoms with Gasteiger partial charge in [0.05, 0.1) is 18.4 Å². The van der Waals surface area contributed by atoms with E-state index < -0.39 is 0 Å². The van der Waals surface area contributed by atoms with E-state index in [9.17, 15) is 4.79 Å². The number of carbonyl (C=O) groups is 1. The lowest BCUT2D eigenvalue weighted by Gasteiger charge is -2.30. The number of para-hydroxylation sites is 1. The van der Waals surface area contributed by atoms with Gasteiger partial charge in [0.25, 0.3) is 0 Å². The summed E-state index contributed by atoms with van der Waals surface area (Å²) in [5, 5.41) is 0. The zero-order valence-electron chi connectivity index (χ0n) is 12.2. The number of esters is 1. The maximum absolute atomic E-state index is 12.3. The van der Waals surface area contributed by atoms with E-state index in [4.69, 9.17) is 15.2 Å². The Labute approximate surface area is 120 Å². The lowest BCUT2D eigenvalue weighted by atomic mass is 9.85. The topological polar surface area (TPSA) is 61.5 Å². The fourth-order valence-corrected chi connectivity index (χ4v) is 2.90. The molecule has 0 radical (unpaired) electrons. The number of nitrogens with two attached hydrogens (primary N) is 1. The number of ether oxygens (including phenoxy) is 2. The molecule has 0 aliphatic heterocycles. The molecule has 2 rings (SSSR count). The molecule has 4 heteroatoms. The lowest BCUT2D eigenvalue weighted by Crippen LogP contribution is -2.30. The summed E-state index contributed by atoms with van der Waals surface area (Å²) < 4.78 is 10.8. The molecule has 1 saturated carbocycles. The first kappa shape index (κ1) is 14.7. The summed E-state index contributed by atoms with van der Waals surface area (Å²) in [5.74, 6) is 0.640. The van der Waals surface area contributed by atoms with Crippen molar-refractivity contribution in [1.29, 1.82) is 0 Å². The largest absolute Gasteiger partial charge is 0.495 e. The van der Waals surface area contributed by atoms with Crippen molar-refractivity contribution in [3.05, 3.63) is 23.8 Å². The molecular formula is C16H23NO3. The van der Waals surface area contributed by atoms with Gasteiger partial charge in [-0.25, -0.2) is 4.79 Å². The number of nitrogen functional groups attached to an aromatic ring is 1. The number of hydrogen-bond acceptors (Lipinski definition) is 4. The minimum atomic E-state index is -0.341. The molecule has 4 nitrogen and oxygen atoms in total. The van der Waals surface area contributed by atoms with Gasteiger partial charge in [-0.05, 0) is 43.7 Å². The molecule has 0 saturated heterocycles. The van der Waals surface area contributed by atoms with Crippen LogP contribution in [0.5, 0.6) is 5.75 Å². The quantitative estimate of drug-likeness (QED) is 0.676. The average Bonchev–Trinajstić information content (AvgIpc) is 2.48. The monoisotopic (exact) mass is 277 g/mol. The minimum Gasteiger partial charge on any atom is -0.495 e. The van der Waals surface area contributed by atoms with E-state index in [1.165, 1.54) is 13.5 Å². The van der Waals surface area contributed by atoms with E-state index in [-0.39, 0.29) is 12.1 Å². The molecule has 0 spiro atoms. The maximum Gasteiger partial charge on any atom is 0.340 e. The Hall–Kier alpha value is -1.71. The summed E-state index contributed by atoms with van der Waals surface area (Å²) in [4.78, 5) is 12.3. The normalized spacial score (nSPS) is 22.3. The van der Waals surface area contributed by atoms with E-state index in [1.807, 2.05) is 0 Å². The van der Waals surface area contributed by atoms with E-state index in [1.54, 1.807) is 18.2 Å². The van der Waals surface area contributed by atoms with E-state index in [0.717, 1.165) is 25.7 Å². The van der Waals surface area contributed by atoms with Gasteiger partial charge in [0.1, 0.15) is 11.9 Å². The van der Waals surface area contributed by atoms with E-state index in [0.29, 0.717) is 22.9 Å². The van der Waals surface area contributed by atoms with Crippen molar-refractivity contribution in [3.8, 4) is 5.75 Å². The summed E-state index contributed by atoms with van der Waals surface area (Å²) in [6.45, 7) is 2.15. The third kappa shape index (κ3) is 3.06. The van der Waals surface area contributed by atoms with Crippen molar-refractivity contribution < 1.29 is 14.3 Å². The Kier molecular flexibility index (Phi) is 4.88. The zero-order chi connectivity index (χ0) is 14.5. The molecule has 1 aromatic rings. The lowest BCUT2D eigenvalue weighted by molar-refractivity contribution is 0.000797.